The second kappa shape index (κ2) is 5.85. The molecule has 0 aliphatic carbocycles. The first-order chi connectivity index (χ1) is 8.65. The second-order valence-corrected chi connectivity index (χ2v) is 5.52. The van der Waals surface area contributed by atoms with Crippen LogP contribution >= 0.6 is 0 Å². The molecule has 1 saturated heterocycles. The average molecular weight is 247 g/mol. The molecule has 1 heterocycles. The van der Waals surface area contributed by atoms with Gasteiger partial charge in [-0.05, 0) is 45.2 Å². The van der Waals surface area contributed by atoms with Crippen molar-refractivity contribution in [2.45, 2.75) is 51.7 Å². The normalized spacial score (nSPS) is 25.9. The van der Waals surface area contributed by atoms with E-state index in [2.05, 4.69) is 50.4 Å². The maximum atomic E-state index is 6.11. The minimum absolute atomic E-state index is 0.0674. The Kier molecular flexibility index (Phi) is 4.41. The predicted octanol–water partition coefficient (Wildman–Crippen LogP) is 3.60. The van der Waals surface area contributed by atoms with Crippen molar-refractivity contribution < 1.29 is 4.74 Å². The molecule has 0 bridgehead atoms. The van der Waals surface area contributed by atoms with Crippen LogP contribution < -0.4 is 5.32 Å². The van der Waals surface area contributed by atoms with Crippen molar-refractivity contribution in [2.75, 3.05) is 13.2 Å². The highest BCUT2D eigenvalue weighted by Gasteiger charge is 2.37. The standard InChI is InChI=1S/C16H25NO/c1-4-17-15(14-9-7-8-13(2)12-14)16(3)10-5-6-11-18-16/h7-9,12,15,17H,4-6,10-11H2,1-3H3. The highest BCUT2D eigenvalue weighted by atomic mass is 16.5. The van der Waals surface area contributed by atoms with Crippen LogP contribution in [0.3, 0.4) is 0 Å². The van der Waals surface area contributed by atoms with Crippen molar-refractivity contribution in [3.05, 3.63) is 35.4 Å². The lowest BCUT2D eigenvalue weighted by molar-refractivity contribution is -0.0895. The van der Waals surface area contributed by atoms with E-state index < -0.39 is 0 Å². The van der Waals surface area contributed by atoms with E-state index in [0.29, 0.717) is 6.04 Å². The molecular formula is C16H25NO. The van der Waals surface area contributed by atoms with E-state index in [1.807, 2.05) is 0 Å². The summed E-state index contributed by atoms with van der Waals surface area (Å²) in [5.74, 6) is 0. The van der Waals surface area contributed by atoms with Gasteiger partial charge >= 0.3 is 0 Å². The van der Waals surface area contributed by atoms with Gasteiger partial charge in [0.1, 0.15) is 0 Å². The Balaban J connectivity index is 2.26. The number of likely N-dealkylation sites (N-methyl/N-ethyl adjacent to an activating group) is 1. The van der Waals surface area contributed by atoms with Gasteiger partial charge in [0.05, 0.1) is 11.6 Å². The maximum absolute atomic E-state index is 6.11. The number of benzene rings is 1. The van der Waals surface area contributed by atoms with Crippen molar-refractivity contribution >= 4 is 0 Å². The number of nitrogens with one attached hydrogen (secondary N) is 1. The summed E-state index contributed by atoms with van der Waals surface area (Å²) in [5.41, 5.74) is 2.60. The van der Waals surface area contributed by atoms with E-state index in [9.17, 15) is 0 Å². The maximum Gasteiger partial charge on any atom is 0.0848 e. The van der Waals surface area contributed by atoms with Crippen molar-refractivity contribution in [1.82, 2.24) is 5.32 Å². The van der Waals surface area contributed by atoms with E-state index in [0.717, 1.165) is 19.6 Å². The molecule has 0 aromatic heterocycles. The minimum atomic E-state index is -0.0674. The third-order valence-electron chi connectivity index (χ3n) is 3.89. The van der Waals surface area contributed by atoms with Gasteiger partial charge in [-0.3, -0.25) is 0 Å². The van der Waals surface area contributed by atoms with Crippen molar-refractivity contribution in [2.24, 2.45) is 0 Å². The molecule has 2 heteroatoms. The fraction of sp³-hybridized carbons (Fsp3) is 0.625. The third kappa shape index (κ3) is 2.93. The van der Waals surface area contributed by atoms with Gasteiger partial charge in [0.2, 0.25) is 0 Å². The molecule has 2 unspecified atom stereocenters. The Bertz CT molecular complexity index is 382. The monoisotopic (exact) mass is 247 g/mol. The van der Waals surface area contributed by atoms with Gasteiger partial charge in [0.25, 0.3) is 0 Å². The van der Waals surface area contributed by atoms with Crippen LogP contribution in [0.4, 0.5) is 0 Å². The fourth-order valence-electron chi connectivity index (χ4n) is 2.92. The number of hydrogen-bond acceptors (Lipinski definition) is 2. The van der Waals surface area contributed by atoms with Gasteiger partial charge in [-0.2, -0.15) is 0 Å². The topological polar surface area (TPSA) is 21.3 Å². The van der Waals surface area contributed by atoms with Crippen LogP contribution in [0.2, 0.25) is 0 Å². The smallest absolute Gasteiger partial charge is 0.0848 e. The molecule has 2 rings (SSSR count). The average Bonchev–Trinajstić information content (AvgIpc) is 2.36. The highest BCUT2D eigenvalue weighted by Crippen LogP contribution is 2.36. The van der Waals surface area contributed by atoms with Crippen LogP contribution in [0.25, 0.3) is 0 Å². The molecule has 1 aromatic rings. The molecule has 1 aliphatic rings. The molecule has 100 valence electrons. The molecule has 1 fully saturated rings. The number of rotatable bonds is 4. The molecule has 1 aromatic carbocycles. The lowest BCUT2D eigenvalue weighted by Crippen LogP contribution is -2.45. The van der Waals surface area contributed by atoms with Gasteiger partial charge in [-0.15, -0.1) is 0 Å². The Hall–Kier alpha value is -0.860. The Labute approximate surface area is 111 Å². The summed E-state index contributed by atoms with van der Waals surface area (Å²) >= 11 is 0. The first-order valence-corrected chi connectivity index (χ1v) is 7.09. The summed E-state index contributed by atoms with van der Waals surface area (Å²) in [5, 5.41) is 3.61. The van der Waals surface area contributed by atoms with E-state index in [1.165, 1.54) is 24.0 Å². The Morgan fingerprint density at radius 3 is 2.83 bits per heavy atom. The molecule has 0 spiro atoms. The van der Waals surface area contributed by atoms with Crippen LogP contribution in [0.15, 0.2) is 24.3 Å². The van der Waals surface area contributed by atoms with Crippen LogP contribution in [0, 0.1) is 6.92 Å². The largest absolute Gasteiger partial charge is 0.373 e. The van der Waals surface area contributed by atoms with Crippen LogP contribution in [0.1, 0.15) is 50.3 Å². The van der Waals surface area contributed by atoms with Crippen LogP contribution in [0.5, 0.6) is 0 Å². The van der Waals surface area contributed by atoms with Gasteiger partial charge < -0.3 is 10.1 Å². The van der Waals surface area contributed by atoms with E-state index >= 15 is 0 Å². The van der Waals surface area contributed by atoms with Gasteiger partial charge in [0, 0.05) is 6.61 Å². The number of ether oxygens (including phenoxy) is 1. The SMILES string of the molecule is CCNC(c1cccc(C)c1)C1(C)CCCCO1. The lowest BCUT2D eigenvalue weighted by atomic mass is 9.83. The van der Waals surface area contributed by atoms with Crippen LogP contribution in [-0.2, 0) is 4.74 Å². The summed E-state index contributed by atoms with van der Waals surface area (Å²) < 4.78 is 6.11. The zero-order valence-corrected chi connectivity index (χ0v) is 11.8. The third-order valence-corrected chi connectivity index (χ3v) is 3.89. The first-order valence-electron chi connectivity index (χ1n) is 7.09. The van der Waals surface area contributed by atoms with E-state index in [1.54, 1.807) is 0 Å². The molecule has 18 heavy (non-hydrogen) atoms. The summed E-state index contributed by atoms with van der Waals surface area (Å²) in [4.78, 5) is 0. The molecule has 1 aliphatic heterocycles. The quantitative estimate of drug-likeness (QED) is 0.877. The zero-order chi connectivity index (χ0) is 13.0. The lowest BCUT2D eigenvalue weighted by Gasteiger charge is -2.41. The van der Waals surface area contributed by atoms with Crippen molar-refractivity contribution in [3.63, 3.8) is 0 Å². The number of hydrogen-bond donors (Lipinski definition) is 1. The van der Waals surface area contributed by atoms with Gasteiger partial charge in [-0.25, -0.2) is 0 Å². The molecule has 2 atom stereocenters. The molecule has 0 radical (unpaired) electrons. The Morgan fingerprint density at radius 1 is 1.39 bits per heavy atom. The van der Waals surface area contributed by atoms with Crippen molar-refractivity contribution in [3.8, 4) is 0 Å². The summed E-state index contributed by atoms with van der Waals surface area (Å²) in [6, 6.07) is 9.07. The Morgan fingerprint density at radius 2 is 2.22 bits per heavy atom. The van der Waals surface area contributed by atoms with Gasteiger partial charge in [0.15, 0.2) is 0 Å². The molecule has 0 amide bonds. The first kappa shape index (κ1) is 13.6. The zero-order valence-electron chi connectivity index (χ0n) is 11.8. The number of aryl methyl sites for hydroxylation is 1. The van der Waals surface area contributed by atoms with Crippen molar-refractivity contribution in [1.29, 1.82) is 0 Å². The minimum Gasteiger partial charge on any atom is -0.373 e. The summed E-state index contributed by atoms with van der Waals surface area (Å²) in [6.45, 7) is 8.43. The molecule has 2 nitrogen and oxygen atoms in total. The molecule has 0 saturated carbocycles. The second-order valence-electron chi connectivity index (χ2n) is 5.52. The highest BCUT2D eigenvalue weighted by molar-refractivity contribution is 5.27. The fourth-order valence-corrected chi connectivity index (χ4v) is 2.92. The predicted molar refractivity (Wildman–Crippen MR) is 75.8 cm³/mol. The molecule has 1 N–H and O–H groups in total. The summed E-state index contributed by atoms with van der Waals surface area (Å²) in [7, 11) is 0. The van der Waals surface area contributed by atoms with E-state index in [-0.39, 0.29) is 5.60 Å². The van der Waals surface area contributed by atoms with Crippen LogP contribution in [-0.4, -0.2) is 18.8 Å². The summed E-state index contributed by atoms with van der Waals surface area (Å²) in [6.07, 6.45) is 3.60. The molecular weight excluding hydrogens is 222 g/mol. The van der Waals surface area contributed by atoms with Gasteiger partial charge in [-0.1, -0.05) is 36.8 Å². The van der Waals surface area contributed by atoms with E-state index in [4.69, 9.17) is 4.74 Å².